The number of benzene rings is 2. The molecule has 1 amide bonds. The molecule has 4 rings (SSSR count). The minimum Gasteiger partial charge on any atom is -0.493 e. The van der Waals surface area contributed by atoms with Crippen LogP contribution in [-0.2, 0) is 0 Å². The van der Waals surface area contributed by atoms with E-state index in [4.69, 9.17) is 9.15 Å². The van der Waals surface area contributed by atoms with Gasteiger partial charge < -0.3 is 9.15 Å². The summed E-state index contributed by atoms with van der Waals surface area (Å²) in [6.07, 6.45) is 0. The lowest BCUT2D eigenvalue weighted by Crippen LogP contribution is -2.10. The van der Waals surface area contributed by atoms with Crippen molar-refractivity contribution in [2.45, 2.75) is 13.8 Å². The van der Waals surface area contributed by atoms with Gasteiger partial charge in [0, 0.05) is 16.3 Å². The lowest BCUT2D eigenvalue weighted by molar-refractivity contribution is 0.0998. The fraction of sp³-hybridized carbons (Fsp3) is 0.143. The summed E-state index contributed by atoms with van der Waals surface area (Å²) in [5.41, 5.74) is 4.79. The van der Waals surface area contributed by atoms with Gasteiger partial charge in [0.25, 0.3) is 5.91 Å². The summed E-state index contributed by atoms with van der Waals surface area (Å²) in [6, 6.07) is 13.5. The number of thiazole rings is 1. The number of hydrogen-bond donors (Lipinski definition) is 1. The topological polar surface area (TPSA) is 64.4 Å². The van der Waals surface area contributed by atoms with E-state index in [0.717, 1.165) is 22.2 Å². The number of methoxy groups -OCH3 is 1. The van der Waals surface area contributed by atoms with E-state index in [1.807, 2.05) is 31.4 Å². The Bertz CT molecular complexity index is 1140. The molecular formula is C21H18N2O3S. The van der Waals surface area contributed by atoms with Crippen LogP contribution in [0.15, 0.2) is 52.3 Å². The molecule has 0 atom stereocenters. The van der Waals surface area contributed by atoms with Crippen LogP contribution >= 0.6 is 11.3 Å². The van der Waals surface area contributed by atoms with E-state index in [-0.39, 0.29) is 11.7 Å². The summed E-state index contributed by atoms with van der Waals surface area (Å²) in [7, 11) is 1.57. The number of aryl methyl sites for hydroxylation is 2. The molecule has 2 aromatic heterocycles. The molecule has 5 nitrogen and oxygen atoms in total. The third kappa shape index (κ3) is 3.31. The fourth-order valence-corrected chi connectivity index (χ4v) is 3.64. The summed E-state index contributed by atoms with van der Waals surface area (Å²) in [4.78, 5) is 17.1. The lowest BCUT2D eigenvalue weighted by Gasteiger charge is -2.03. The number of nitrogens with one attached hydrogen (secondary N) is 1. The monoisotopic (exact) mass is 378 g/mol. The van der Waals surface area contributed by atoms with Crippen molar-refractivity contribution in [3.8, 4) is 17.0 Å². The second kappa shape index (κ2) is 6.89. The van der Waals surface area contributed by atoms with Gasteiger partial charge >= 0.3 is 0 Å². The maximum Gasteiger partial charge on any atom is 0.293 e. The van der Waals surface area contributed by atoms with E-state index >= 15 is 0 Å². The van der Waals surface area contributed by atoms with Crippen molar-refractivity contribution < 1.29 is 13.9 Å². The van der Waals surface area contributed by atoms with Crippen LogP contribution in [0.2, 0.25) is 0 Å². The number of para-hydroxylation sites is 1. The summed E-state index contributed by atoms with van der Waals surface area (Å²) in [5, 5.41) is 6.10. The van der Waals surface area contributed by atoms with Crippen LogP contribution in [0.1, 0.15) is 21.7 Å². The zero-order valence-electron chi connectivity index (χ0n) is 15.2. The van der Waals surface area contributed by atoms with E-state index in [1.54, 1.807) is 19.2 Å². The maximum absolute atomic E-state index is 12.6. The Morgan fingerprint density at radius 3 is 2.85 bits per heavy atom. The Balaban J connectivity index is 1.59. The first-order valence-electron chi connectivity index (χ1n) is 8.46. The second-order valence-electron chi connectivity index (χ2n) is 6.30. The van der Waals surface area contributed by atoms with Gasteiger partial charge in [-0.2, -0.15) is 0 Å². The number of aromatic nitrogens is 1. The molecule has 136 valence electrons. The van der Waals surface area contributed by atoms with Crippen LogP contribution in [0.25, 0.3) is 22.2 Å². The van der Waals surface area contributed by atoms with Gasteiger partial charge in [-0.25, -0.2) is 4.98 Å². The van der Waals surface area contributed by atoms with Crippen LogP contribution in [0.3, 0.4) is 0 Å². The molecule has 0 spiro atoms. The molecule has 2 heterocycles. The number of amides is 1. The maximum atomic E-state index is 12.6. The van der Waals surface area contributed by atoms with E-state index in [0.29, 0.717) is 16.5 Å². The number of nitrogens with zero attached hydrogens (tertiary/aromatic N) is 1. The molecule has 0 aliphatic heterocycles. The number of anilines is 1. The van der Waals surface area contributed by atoms with Gasteiger partial charge in [0.15, 0.2) is 22.2 Å². The number of carbonyl (C=O) groups is 1. The summed E-state index contributed by atoms with van der Waals surface area (Å²) < 4.78 is 11.0. The van der Waals surface area contributed by atoms with Crippen LogP contribution in [0, 0.1) is 13.8 Å². The molecule has 4 aromatic rings. The summed E-state index contributed by atoms with van der Waals surface area (Å²) in [6.45, 7) is 4.10. The van der Waals surface area contributed by atoms with Crippen molar-refractivity contribution in [3.05, 3.63) is 64.7 Å². The lowest BCUT2D eigenvalue weighted by atomic mass is 10.0. The number of furan rings is 1. The first-order valence-corrected chi connectivity index (χ1v) is 9.34. The van der Waals surface area contributed by atoms with Gasteiger partial charge in [0.2, 0.25) is 0 Å². The SMILES string of the molecule is COc1cccc2cc(C(=O)Nc3nc(-c4cc(C)ccc4C)cs3)oc12. The predicted octanol–water partition coefficient (Wildman–Crippen LogP) is 5.43. The summed E-state index contributed by atoms with van der Waals surface area (Å²) in [5.74, 6) is 0.478. The molecule has 0 saturated carbocycles. The van der Waals surface area contributed by atoms with Crippen molar-refractivity contribution in [2.24, 2.45) is 0 Å². The van der Waals surface area contributed by atoms with E-state index in [9.17, 15) is 4.79 Å². The molecule has 0 aliphatic rings. The van der Waals surface area contributed by atoms with E-state index < -0.39 is 0 Å². The molecule has 6 heteroatoms. The quantitative estimate of drug-likeness (QED) is 0.514. The van der Waals surface area contributed by atoms with Crippen LogP contribution in [0.4, 0.5) is 5.13 Å². The zero-order valence-corrected chi connectivity index (χ0v) is 16.0. The molecule has 0 saturated heterocycles. The molecule has 0 bridgehead atoms. The van der Waals surface area contributed by atoms with Crippen molar-refractivity contribution in [3.63, 3.8) is 0 Å². The normalized spacial score (nSPS) is 10.9. The van der Waals surface area contributed by atoms with Gasteiger partial charge in [-0.05, 0) is 37.6 Å². The van der Waals surface area contributed by atoms with Gasteiger partial charge in [-0.15, -0.1) is 11.3 Å². The van der Waals surface area contributed by atoms with Gasteiger partial charge in [-0.1, -0.05) is 29.8 Å². The summed E-state index contributed by atoms with van der Waals surface area (Å²) >= 11 is 1.39. The number of carbonyl (C=O) groups excluding carboxylic acids is 1. The molecule has 0 unspecified atom stereocenters. The van der Waals surface area contributed by atoms with Gasteiger partial charge in [0.1, 0.15) is 0 Å². The molecule has 2 aromatic carbocycles. The third-order valence-corrected chi connectivity index (χ3v) is 5.10. The minimum atomic E-state index is -0.338. The number of hydrogen-bond acceptors (Lipinski definition) is 5. The third-order valence-electron chi connectivity index (χ3n) is 4.35. The zero-order chi connectivity index (χ0) is 19.0. The molecule has 1 N–H and O–H groups in total. The smallest absolute Gasteiger partial charge is 0.293 e. The van der Waals surface area contributed by atoms with Crippen LogP contribution < -0.4 is 10.1 Å². The Hall–Kier alpha value is -3.12. The molecule has 27 heavy (non-hydrogen) atoms. The largest absolute Gasteiger partial charge is 0.493 e. The van der Waals surface area contributed by atoms with Crippen molar-refractivity contribution in [1.29, 1.82) is 0 Å². The molecule has 0 aliphatic carbocycles. The highest BCUT2D eigenvalue weighted by atomic mass is 32.1. The Morgan fingerprint density at radius 1 is 1.19 bits per heavy atom. The van der Waals surface area contributed by atoms with E-state index in [1.165, 1.54) is 16.9 Å². The molecule has 0 fully saturated rings. The van der Waals surface area contributed by atoms with Crippen molar-refractivity contribution in [1.82, 2.24) is 4.98 Å². The number of rotatable bonds is 4. The van der Waals surface area contributed by atoms with Gasteiger partial charge in [-0.3, -0.25) is 10.1 Å². The average molecular weight is 378 g/mol. The van der Waals surface area contributed by atoms with Crippen molar-refractivity contribution >= 4 is 33.3 Å². The molecule has 0 radical (unpaired) electrons. The Labute approximate surface area is 160 Å². The fourth-order valence-electron chi connectivity index (χ4n) is 2.93. The average Bonchev–Trinajstić information content (AvgIpc) is 3.30. The van der Waals surface area contributed by atoms with Crippen LogP contribution in [0.5, 0.6) is 5.75 Å². The standard InChI is InChI=1S/C21H18N2O3S/c1-12-7-8-13(2)15(9-12)16-11-27-21(22-16)23-20(24)18-10-14-5-4-6-17(25-3)19(14)26-18/h4-11H,1-3H3,(H,22,23,24). The minimum absolute atomic E-state index is 0.220. The van der Waals surface area contributed by atoms with Crippen molar-refractivity contribution in [2.75, 3.05) is 12.4 Å². The van der Waals surface area contributed by atoms with Gasteiger partial charge in [0.05, 0.1) is 12.8 Å². The first-order chi connectivity index (χ1) is 13.0. The number of ether oxygens (including phenoxy) is 1. The highest BCUT2D eigenvalue weighted by molar-refractivity contribution is 7.14. The van der Waals surface area contributed by atoms with Crippen LogP contribution in [-0.4, -0.2) is 18.0 Å². The van der Waals surface area contributed by atoms with E-state index in [2.05, 4.69) is 28.5 Å². The Morgan fingerprint density at radius 2 is 2.04 bits per heavy atom. The Kier molecular flexibility index (Phi) is 4.41. The highest BCUT2D eigenvalue weighted by Gasteiger charge is 2.17. The second-order valence-corrected chi connectivity index (χ2v) is 7.16. The first kappa shape index (κ1) is 17.3. The highest BCUT2D eigenvalue weighted by Crippen LogP contribution is 2.30. The number of fused-ring (bicyclic) bond motifs is 1. The predicted molar refractivity (Wildman–Crippen MR) is 108 cm³/mol. The molecular weight excluding hydrogens is 360 g/mol.